The number of likely N-dealkylation sites (N-methyl/N-ethyl adjacent to an activating group) is 1. The highest BCUT2D eigenvalue weighted by Gasteiger charge is 2.40. The summed E-state index contributed by atoms with van der Waals surface area (Å²) in [6.45, 7) is 4.03. The number of thiazole rings is 1. The average molecular weight is 497 g/mol. The first-order valence-electron chi connectivity index (χ1n) is 11.9. The van der Waals surface area contributed by atoms with Crippen molar-refractivity contribution < 1.29 is 18.0 Å². The third-order valence-corrected chi connectivity index (χ3v) is 7.83. The average Bonchev–Trinajstić information content (AvgIpc) is 3.12. The fourth-order valence-corrected chi connectivity index (χ4v) is 5.84. The van der Waals surface area contributed by atoms with Gasteiger partial charge in [-0.25, -0.2) is 15.0 Å². The van der Waals surface area contributed by atoms with Crippen LogP contribution in [0, 0.1) is 5.92 Å². The van der Waals surface area contributed by atoms with E-state index in [-0.39, 0.29) is 16.9 Å². The SMILES string of the molecule is CN1CCN(C(CNC(=O)c2sc(-c3ncccn3)nc2C(F)(F)F)C2CCCCCC2)CC1. The minimum absolute atomic E-state index is 0.0162. The molecule has 1 aliphatic carbocycles. The van der Waals surface area contributed by atoms with Crippen molar-refractivity contribution in [3.05, 3.63) is 29.0 Å². The summed E-state index contributed by atoms with van der Waals surface area (Å²) >= 11 is 0.686. The molecule has 1 unspecified atom stereocenters. The Balaban J connectivity index is 1.53. The molecule has 1 saturated heterocycles. The number of amides is 1. The molecule has 2 fully saturated rings. The van der Waals surface area contributed by atoms with E-state index in [1.54, 1.807) is 6.07 Å². The molecule has 0 spiro atoms. The van der Waals surface area contributed by atoms with Crippen molar-refractivity contribution in [2.24, 2.45) is 5.92 Å². The van der Waals surface area contributed by atoms with E-state index in [0.717, 1.165) is 51.9 Å². The number of rotatable bonds is 6. The number of carbonyl (C=O) groups is 1. The van der Waals surface area contributed by atoms with E-state index in [2.05, 4.69) is 37.1 Å². The molecule has 1 atom stereocenters. The molecule has 11 heteroatoms. The number of nitrogens with zero attached hydrogens (tertiary/aromatic N) is 5. The van der Waals surface area contributed by atoms with Crippen LogP contribution in [-0.4, -0.2) is 76.5 Å². The molecule has 186 valence electrons. The summed E-state index contributed by atoms with van der Waals surface area (Å²) in [7, 11) is 2.09. The van der Waals surface area contributed by atoms with Crippen LogP contribution in [0.1, 0.15) is 53.9 Å². The van der Waals surface area contributed by atoms with Crippen LogP contribution in [0.4, 0.5) is 13.2 Å². The Bertz CT molecular complexity index is 938. The van der Waals surface area contributed by atoms with Crippen LogP contribution in [0.2, 0.25) is 0 Å². The number of hydrogen-bond acceptors (Lipinski definition) is 7. The highest BCUT2D eigenvalue weighted by molar-refractivity contribution is 7.17. The van der Waals surface area contributed by atoms with Crippen LogP contribution >= 0.6 is 11.3 Å². The van der Waals surface area contributed by atoms with Gasteiger partial charge in [0.05, 0.1) is 0 Å². The predicted molar refractivity (Wildman–Crippen MR) is 125 cm³/mol. The lowest BCUT2D eigenvalue weighted by molar-refractivity contribution is -0.141. The number of hydrogen-bond donors (Lipinski definition) is 1. The van der Waals surface area contributed by atoms with Crippen LogP contribution in [-0.2, 0) is 6.18 Å². The number of alkyl halides is 3. The van der Waals surface area contributed by atoms with Crippen molar-refractivity contribution in [1.82, 2.24) is 30.1 Å². The molecule has 34 heavy (non-hydrogen) atoms. The first-order chi connectivity index (χ1) is 16.3. The lowest BCUT2D eigenvalue weighted by Crippen LogP contribution is -2.55. The molecule has 4 rings (SSSR count). The molecule has 2 aromatic rings. The largest absolute Gasteiger partial charge is 0.435 e. The molecule has 0 bridgehead atoms. The van der Waals surface area contributed by atoms with Gasteiger partial charge in [0.15, 0.2) is 16.5 Å². The normalized spacial score (nSPS) is 20.1. The van der Waals surface area contributed by atoms with Crippen molar-refractivity contribution in [2.45, 2.75) is 50.7 Å². The Morgan fingerprint density at radius 3 is 2.38 bits per heavy atom. The van der Waals surface area contributed by atoms with E-state index in [1.807, 2.05) is 0 Å². The molecule has 2 aromatic heterocycles. The summed E-state index contributed by atoms with van der Waals surface area (Å²) in [4.78, 5) is 29.0. The zero-order valence-electron chi connectivity index (χ0n) is 19.4. The van der Waals surface area contributed by atoms with Crippen LogP contribution in [0.3, 0.4) is 0 Å². The molecule has 1 amide bonds. The molecular formula is C23H31F3N6OS. The summed E-state index contributed by atoms with van der Waals surface area (Å²) < 4.78 is 41.1. The van der Waals surface area contributed by atoms with Crippen molar-refractivity contribution in [3.63, 3.8) is 0 Å². The topological polar surface area (TPSA) is 74.2 Å². The molecule has 1 saturated carbocycles. The number of piperazine rings is 1. The van der Waals surface area contributed by atoms with E-state index in [4.69, 9.17) is 0 Å². The maximum atomic E-state index is 13.7. The van der Waals surface area contributed by atoms with Crippen LogP contribution in [0.25, 0.3) is 10.8 Å². The zero-order valence-corrected chi connectivity index (χ0v) is 20.2. The Kier molecular flexibility index (Phi) is 8.15. The van der Waals surface area contributed by atoms with Gasteiger partial charge in [0, 0.05) is 51.2 Å². The molecule has 2 aliphatic rings. The lowest BCUT2D eigenvalue weighted by Gasteiger charge is -2.41. The van der Waals surface area contributed by atoms with Gasteiger partial charge in [-0.2, -0.15) is 13.2 Å². The van der Waals surface area contributed by atoms with E-state index in [0.29, 0.717) is 23.8 Å². The molecular weight excluding hydrogens is 465 g/mol. The van der Waals surface area contributed by atoms with Crippen molar-refractivity contribution in [1.29, 1.82) is 0 Å². The lowest BCUT2D eigenvalue weighted by atomic mass is 9.90. The van der Waals surface area contributed by atoms with E-state index in [9.17, 15) is 18.0 Å². The second-order valence-electron chi connectivity index (χ2n) is 9.14. The minimum atomic E-state index is -4.74. The number of nitrogens with one attached hydrogen (secondary N) is 1. The summed E-state index contributed by atoms with van der Waals surface area (Å²) in [5, 5.41) is 2.82. The molecule has 7 nitrogen and oxygen atoms in total. The Hall–Kier alpha value is -2.11. The van der Waals surface area contributed by atoms with Crippen molar-refractivity contribution >= 4 is 17.2 Å². The number of carbonyl (C=O) groups excluding carboxylic acids is 1. The minimum Gasteiger partial charge on any atom is -0.350 e. The second kappa shape index (κ2) is 11.1. The maximum Gasteiger partial charge on any atom is 0.435 e. The smallest absolute Gasteiger partial charge is 0.350 e. The van der Waals surface area contributed by atoms with E-state index in [1.165, 1.54) is 25.2 Å². The zero-order chi connectivity index (χ0) is 24.1. The summed E-state index contributed by atoms with van der Waals surface area (Å²) in [5.41, 5.74) is -1.18. The van der Waals surface area contributed by atoms with Crippen LogP contribution in [0.5, 0.6) is 0 Å². The monoisotopic (exact) mass is 496 g/mol. The van der Waals surface area contributed by atoms with Gasteiger partial charge in [0.2, 0.25) is 0 Å². The van der Waals surface area contributed by atoms with Crippen molar-refractivity contribution in [2.75, 3.05) is 39.8 Å². The second-order valence-corrected chi connectivity index (χ2v) is 10.1. The molecule has 3 heterocycles. The van der Waals surface area contributed by atoms with E-state index < -0.39 is 22.7 Å². The molecule has 0 radical (unpaired) electrons. The van der Waals surface area contributed by atoms with Gasteiger partial charge in [-0.15, -0.1) is 11.3 Å². The fraction of sp³-hybridized carbons (Fsp3) is 0.652. The highest BCUT2D eigenvalue weighted by atomic mass is 32.1. The predicted octanol–water partition coefficient (Wildman–Crippen LogP) is 3.94. The van der Waals surface area contributed by atoms with Gasteiger partial charge in [0.1, 0.15) is 4.88 Å². The first-order valence-corrected chi connectivity index (χ1v) is 12.7. The standard InChI is InChI=1S/C23H31F3N6OS/c1-31-11-13-32(14-12-31)17(16-7-4-2-3-5-8-16)15-29-21(33)18-19(23(24,25)26)30-22(34-18)20-27-9-6-10-28-20/h6,9-10,16-17H,2-5,7-8,11-15H2,1H3,(H,29,33). The van der Waals surface area contributed by atoms with Crippen molar-refractivity contribution in [3.8, 4) is 10.8 Å². The summed E-state index contributed by atoms with van der Waals surface area (Å²) in [6, 6.07) is 1.69. The Morgan fingerprint density at radius 2 is 1.76 bits per heavy atom. The van der Waals surface area contributed by atoms with Gasteiger partial charge in [-0.05, 0) is 31.9 Å². The van der Waals surface area contributed by atoms with Gasteiger partial charge in [-0.3, -0.25) is 9.69 Å². The summed E-state index contributed by atoms with van der Waals surface area (Å²) in [6.07, 6.45) is 5.08. The molecule has 1 N–H and O–H groups in total. The third kappa shape index (κ3) is 6.11. The Labute approximate surface area is 201 Å². The highest BCUT2D eigenvalue weighted by Crippen LogP contribution is 2.37. The number of aromatic nitrogens is 3. The Morgan fingerprint density at radius 1 is 1.12 bits per heavy atom. The fourth-order valence-electron chi connectivity index (χ4n) is 4.89. The third-order valence-electron chi connectivity index (χ3n) is 6.78. The summed E-state index contributed by atoms with van der Waals surface area (Å²) in [5.74, 6) is -0.228. The molecule has 1 aliphatic heterocycles. The van der Waals surface area contributed by atoms with Gasteiger partial charge >= 0.3 is 6.18 Å². The van der Waals surface area contributed by atoms with Gasteiger partial charge < -0.3 is 10.2 Å². The maximum absolute atomic E-state index is 13.7. The quantitative estimate of drug-likeness (QED) is 0.611. The first kappa shape index (κ1) is 25.0. The van der Waals surface area contributed by atoms with E-state index >= 15 is 0 Å². The number of halogens is 3. The van der Waals surface area contributed by atoms with Gasteiger partial charge in [0.25, 0.3) is 5.91 Å². The van der Waals surface area contributed by atoms with Crippen LogP contribution < -0.4 is 5.32 Å². The van der Waals surface area contributed by atoms with Gasteiger partial charge in [-0.1, -0.05) is 25.7 Å². The van der Waals surface area contributed by atoms with Crippen LogP contribution in [0.15, 0.2) is 18.5 Å². The molecule has 0 aromatic carbocycles.